The van der Waals surface area contributed by atoms with Crippen LogP contribution < -0.4 is 10.2 Å². The van der Waals surface area contributed by atoms with E-state index in [0.29, 0.717) is 5.69 Å². The second-order valence-corrected chi connectivity index (χ2v) is 4.94. The van der Waals surface area contributed by atoms with Crippen LogP contribution >= 0.6 is 0 Å². The molecule has 0 aromatic heterocycles. The summed E-state index contributed by atoms with van der Waals surface area (Å²) in [7, 11) is 3.67. The van der Waals surface area contributed by atoms with Crippen molar-refractivity contribution in [3.8, 4) is 0 Å². The maximum atomic E-state index is 12.9. The minimum atomic E-state index is -4.57. The van der Waals surface area contributed by atoms with Gasteiger partial charge in [-0.2, -0.15) is 13.2 Å². The highest BCUT2D eigenvalue weighted by Crippen LogP contribution is 2.32. The SMILES string of the molecule is CN(C)c1cccc(NC(=O)c2ccccc2C(F)(F)F)c1. The standard InChI is InChI=1S/C16H15F3N2O/c1-21(2)12-7-5-6-11(10-12)20-15(22)13-8-3-4-9-14(13)16(17,18)19/h3-10H,1-2H3,(H,20,22). The first-order valence-electron chi connectivity index (χ1n) is 6.54. The summed E-state index contributed by atoms with van der Waals surface area (Å²) in [5, 5.41) is 2.50. The van der Waals surface area contributed by atoms with Crippen molar-refractivity contribution in [1.29, 1.82) is 0 Å². The number of amides is 1. The molecule has 6 heteroatoms. The molecule has 0 aliphatic heterocycles. The Balaban J connectivity index is 2.29. The first-order valence-corrected chi connectivity index (χ1v) is 6.54. The topological polar surface area (TPSA) is 32.3 Å². The maximum absolute atomic E-state index is 12.9. The van der Waals surface area contributed by atoms with Gasteiger partial charge in [-0.15, -0.1) is 0 Å². The Morgan fingerprint density at radius 1 is 1.05 bits per heavy atom. The van der Waals surface area contributed by atoms with Crippen LogP contribution in [-0.2, 0) is 6.18 Å². The molecule has 0 saturated heterocycles. The van der Waals surface area contributed by atoms with Gasteiger partial charge < -0.3 is 10.2 Å². The quantitative estimate of drug-likeness (QED) is 0.928. The van der Waals surface area contributed by atoms with Crippen molar-refractivity contribution in [1.82, 2.24) is 0 Å². The average Bonchev–Trinajstić information content (AvgIpc) is 2.46. The van der Waals surface area contributed by atoms with Gasteiger partial charge in [0.15, 0.2) is 0 Å². The molecule has 0 aliphatic carbocycles. The van der Waals surface area contributed by atoms with Crippen molar-refractivity contribution in [2.24, 2.45) is 0 Å². The highest BCUT2D eigenvalue weighted by atomic mass is 19.4. The predicted molar refractivity (Wildman–Crippen MR) is 80.2 cm³/mol. The second-order valence-electron chi connectivity index (χ2n) is 4.94. The van der Waals surface area contributed by atoms with Gasteiger partial charge in [-0.3, -0.25) is 4.79 Å². The summed E-state index contributed by atoms with van der Waals surface area (Å²) in [6.07, 6.45) is -4.57. The number of benzene rings is 2. The van der Waals surface area contributed by atoms with Crippen molar-refractivity contribution >= 4 is 17.3 Å². The summed E-state index contributed by atoms with van der Waals surface area (Å²) in [5.74, 6) is -0.788. The van der Waals surface area contributed by atoms with E-state index >= 15 is 0 Å². The van der Waals surface area contributed by atoms with Crippen molar-refractivity contribution in [2.75, 3.05) is 24.3 Å². The lowest BCUT2D eigenvalue weighted by Gasteiger charge is -2.15. The number of carbonyl (C=O) groups excluding carboxylic acids is 1. The third kappa shape index (κ3) is 3.58. The monoisotopic (exact) mass is 308 g/mol. The van der Waals surface area contributed by atoms with E-state index in [1.54, 1.807) is 18.2 Å². The van der Waals surface area contributed by atoms with Crippen molar-refractivity contribution in [2.45, 2.75) is 6.18 Å². The summed E-state index contributed by atoms with van der Waals surface area (Å²) in [5.41, 5.74) is -0.0726. The summed E-state index contributed by atoms with van der Waals surface area (Å²) >= 11 is 0. The van der Waals surface area contributed by atoms with E-state index in [2.05, 4.69) is 5.32 Å². The average molecular weight is 308 g/mol. The molecule has 0 aliphatic rings. The Morgan fingerprint density at radius 2 is 1.73 bits per heavy atom. The third-order valence-corrected chi connectivity index (χ3v) is 3.10. The molecule has 0 fully saturated rings. The number of nitrogens with zero attached hydrogens (tertiary/aromatic N) is 1. The highest BCUT2D eigenvalue weighted by Gasteiger charge is 2.34. The van der Waals surface area contributed by atoms with E-state index in [-0.39, 0.29) is 0 Å². The third-order valence-electron chi connectivity index (χ3n) is 3.10. The molecule has 0 atom stereocenters. The molecule has 2 aromatic rings. The number of hydrogen-bond acceptors (Lipinski definition) is 2. The largest absolute Gasteiger partial charge is 0.417 e. The van der Waals surface area contributed by atoms with Gasteiger partial charge >= 0.3 is 6.18 Å². The minimum absolute atomic E-state index is 0.398. The molecule has 0 spiro atoms. The molecule has 2 rings (SSSR count). The van der Waals surface area contributed by atoms with Crippen LogP contribution in [0.3, 0.4) is 0 Å². The van der Waals surface area contributed by atoms with Crippen LogP contribution in [0.25, 0.3) is 0 Å². The van der Waals surface area contributed by atoms with Crippen molar-refractivity contribution in [3.63, 3.8) is 0 Å². The van der Waals surface area contributed by atoms with Gasteiger partial charge in [0.25, 0.3) is 5.91 Å². The fourth-order valence-electron chi connectivity index (χ4n) is 1.99. The smallest absolute Gasteiger partial charge is 0.378 e. The first kappa shape index (κ1) is 15.9. The summed E-state index contributed by atoms with van der Waals surface area (Å²) in [4.78, 5) is 14.0. The van der Waals surface area contributed by atoms with Gasteiger partial charge in [0.05, 0.1) is 11.1 Å². The highest BCUT2D eigenvalue weighted by molar-refractivity contribution is 6.05. The molecular weight excluding hydrogens is 293 g/mol. The number of nitrogens with one attached hydrogen (secondary N) is 1. The Morgan fingerprint density at radius 3 is 2.36 bits per heavy atom. The van der Waals surface area contributed by atoms with Crippen LogP contribution in [0.5, 0.6) is 0 Å². The normalized spacial score (nSPS) is 11.1. The number of rotatable bonds is 3. The molecule has 0 heterocycles. The molecule has 1 amide bonds. The Hall–Kier alpha value is -2.50. The van der Waals surface area contributed by atoms with Gasteiger partial charge in [-0.25, -0.2) is 0 Å². The fourth-order valence-corrected chi connectivity index (χ4v) is 1.99. The van der Waals surface area contributed by atoms with E-state index in [0.717, 1.165) is 17.8 Å². The molecule has 0 saturated carbocycles. The number of halogens is 3. The summed E-state index contributed by atoms with van der Waals surface area (Å²) in [6.45, 7) is 0. The molecule has 0 radical (unpaired) electrons. The molecule has 0 unspecified atom stereocenters. The zero-order valence-electron chi connectivity index (χ0n) is 12.1. The molecular formula is C16H15F3N2O. The zero-order valence-corrected chi connectivity index (χ0v) is 12.1. The van der Waals surface area contributed by atoms with E-state index in [1.165, 1.54) is 12.1 Å². The number of hydrogen-bond donors (Lipinski definition) is 1. The second kappa shape index (κ2) is 6.09. The van der Waals surface area contributed by atoms with Crippen molar-refractivity contribution in [3.05, 3.63) is 59.7 Å². The maximum Gasteiger partial charge on any atom is 0.417 e. The van der Waals surface area contributed by atoms with Crippen LogP contribution in [0.2, 0.25) is 0 Å². The number of carbonyl (C=O) groups is 1. The van der Waals surface area contributed by atoms with Gasteiger partial charge in [-0.05, 0) is 30.3 Å². The van der Waals surface area contributed by atoms with E-state index in [1.807, 2.05) is 25.1 Å². The van der Waals surface area contributed by atoms with Gasteiger partial charge in [0.2, 0.25) is 0 Å². The van der Waals surface area contributed by atoms with Gasteiger partial charge in [0, 0.05) is 25.5 Å². The van der Waals surface area contributed by atoms with Gasteiger partial charge in [-0.1, -0.05) is 18.2 Å². The Labute approximate surface area is 126 Å². The van der Waals surface area contributed by atoms with Crippen LogP contribution in [0.1, 0.15) is 15.9 Å². The lowest BCUT2D eigenvalue weighted by molar-refractivity contribution is -0.137. The molecule has 1 N–H and O–H groups in total. The lowest BCUT2D eigenvalue weighted by Crippen LogP contribution is -2.18. The van der Waals surface area contributed by atoms with E-state index in [9.17, 15) is 18.0 Å². The van der Waals surface area contributed by atoms with Crippen LogP contribution in [0, 0.1) is 0 Å². The Kier molecular flexibility index (Phi) is 4.40. The molecule has 22 heavy (non-hydrogen) atoms. The minimum Gasteiger partial charge on any atom is -0.378 e. The molecule has 116 valence electrons. The number of anilines is 2. The molecule has 3 nitrogen and oxygen atoms in total. The Bertz CT molecular complexity index is 681. The van der Waals surface area contributed by atoms with E-state index in [4.69, 9.17) is 0 Å². The molecule has 0 bridgehead atoms. The van der Waals surface area contributed by atoms with Gasteiger partial charge in [0.1, 0.15) is 0 Å². The first-order chi connectivity index (χ1) is 10.3. The van der Waals surface area contributed by atoms with Crippen molar-refractivity contribution < 1.29 is 18.0 Å². The predicted octanol–water partition coefficient (Wildman–Crippen LogP) is 4.02. The molecule has 2 aromatic carbocycles. The van der Waals surface area contributed by atoms with Crippen LogP contribution in [0.15, 0.2) is 48.5 Å². The van der Waals surface area contributed by atoms with Crippen LogP contribution in [-0.4, -0.2) is 20.0 Å². The fraction of sp³-hybridized carbons (Fsp3) is 0.188. The van der Waals surface area contributed by atoms with E-state index < -0.39 is 23.2 Å². The summed E-state index contributed by atoms with van der Waals surface area (Å²) < 4.78 is 38.8. The zero-order chi connectivity index (χ0) is 16.3. The lowest BCUT2D eigenvalue weighted by atomic mass is 10.1. The van der Waals surface area contributed by atoms with Crippen LogP contribution in [0.4, 0.5) is 24.5 Å². The summed E-state index contributed by atoms with van der Waals surface area (Å²) in [6, 6.07) is 11.6. The number of alkyl halides is 3.